The van der Waals surface area contributed by atoms with E-state index in [0.717, 1.165) is 5.56 Å². The Morgan fingerprint density at radius 1 is 1.15 bits per heavy atom. The van der Waals surface area contributed by atoms with E-state index in [0.29, 0.717) is 20.9 Å². The number of amides is 1. The molecular formula is C18H18N4O3S. The van der Waals surface area contributed by atoms with Crippen LogP contribution in [0.4, 0.5) is 10.8 Å². The second-order valence-electron chi connectivity index (χ2n) is 6.83. The molecule has 0 radical (unpaired) electrons. The van der Waals surface area contributed by atoms with Gasteiger partial charge in [0.1, 0.15) is 0 Å². The molecule has 0 spiro atoms. The second kappa shape index (κ2) is 6.72. The number of carbonyl (C=O) groups excluding carboxylic acids is 1. The largest absolute Gasteiger partial charge is 0.273 e. The molecule has 1 heterocycles. The van der Waals surface area contributed by atoms with Crippen LogP contribution in [0, 0.1) is 10.1 Å². The first kappa shape index (κ1) is 17.8. The summed E-state index contributed by atoms with van der Waals surface area (Å²) < 4.78 is 0.672. The molecule has 26 heavy (non-hydrogen) atoms. The third-order valence-corrected chi connectivity index (χ3v) is 4.81. The van der Waals surface area contributed by atoms with E-state index >= 15 is 0 Å². The first-order valence-corrected chi connectivity index (χ1v) is 8.77. The number of non-ortho nitro benzene ring substituents is 1. The van der Waals surface area contributed by atoms with Crippen LogP contribution in [0.5, 0.6) is 0 Å². The summed E-state index contributed by atoms with van der Waals surface area (Å²) in [5.74, 6) is -0.282. The minimum Gasteiger partial charge on any atom is -0.273 e. The van der Waals surface area contributed by atoms with E-state index in [-0.39, 0.29) is 17.0 Å². The van der Waals surface area contributed by atoms with Gasteiger partial charge in [-0.05, 0) is 29.2 Å². The average molecular weight is 370 g/mol. The van der Waals surface area contributed by atoms with Crippen LogP contribution in [0.25, 0.3) is 10.2 Å². The maximum Gasteiger partial charge on any atom is 0.270 e. The van der Waals surface area contributed by atoms with Gasteiger partial charge >= 0.3 is 0 Å². The SMILES string of the molecule is CC(C)(C)c1ccc(C(=O)NNc2nc3ccc([N+](=O)[O-])cc3s2)cc1. The van der Waals surface area contributed by atoms with Crippen molar-refractivity contribution in [2.45, 2.75) is 26.2 Å². The molecule has 0 aliphatic heterocycles. The zero-order valence-electron chi connectivity index (χ0n) is 14.6. The van der Waals surface area contributed by atoms with Crippen molar-refractivity contribution in [3.05, 3.63) is 63.7 Å². The molecule has 0 atom stereocenters. The fourth-order valence-corrected chi connectivity index (χ4v) is 3.24. The van der Waals surface area contributed by atoms with E-state index in [1.54, 1.807) is 18.2 Å². The standard InChI is InChI=1S/C18H18N4O3S/c1-18(2,3)12-6-4-11(5-7-12)16(23)20-21-17-19-14-9-8-13(22(24)25)10-15(14)26-17/h4-10H,1-3H3,(H,19,21)(H,20,23). The molecule has 2 N–H and O–H groups in total. The maximum absolute atomic E-state index is 12.3. The minimum atomic E-state index is -0.449. The lowest BCUT2D eigenvalue weighted by Crippen LogP contribution is -2.29. The summed E-state index contributed by atoms with van der Waals surface area (Å²) in [5, 5.41) is 11.3. The van der Waals surface area contributed by atoms with Gasteiger partial charge in [-0.25, -0.2) is 4.98 Å². The number of hydrogen-bond acceptors (Lipinski definition) is 6. The number of thiazole rings is 1. The van der Waals surface area contributed by atoms with Gasteiger partial charge in [0.2, 0.25) is 5.13 Å². The highest BCUT2D eigenvalue weighted by Crippen LogP contribution is 2.28. The molecule has 0 aliphatic carbocycles. The van der Waals surface area contributed by atoms with Crippen LogP contribution in [-0.4, -0.2) is 15.8 Å². The van der Waals surface area contributed by atoms with Crippen molar-refractivity contribution in [3.63, 3.8) is 0 Å². The molecule has 7 nitrogen and oxygen atoms in total. The molecule has 3 rings (SSSR count). The fraction of sp³-hybridized carbons (Fsp3) is 0.222. The van der Waals surface area contributed by atoms with Gasteiger partial charge in [0.25, 0.3) is 11.6 Å². The molecule has 8 heteroatoms. The number of hydrazine groups is 1. The van der Waals surface area contributed by atoms with E-state index in [4.69, 9.17) is 0 Å². The van der Waals surface area contributed by atoms with E-state index < -0.39 is 4.92 Å². The molecule has 3 aromatic rings. The molecule has 0 saturated heterocycles. The van der Waals surface area contributed by atoms with Crippen LogP contribution < -0.4 is 10.9 Å². The van der Waals surface area contributed by atoms with Crippen molar-refractivity contribution >= 4 is 38.3 Å². The highest BCUT2D eigenvalue weighted by Gasteiger charge is 2.15. The number of nitrogens with zero attached hydrogens (tertiary/aromatic N) is 2. The minimum absolute atomic E-state index is 0.00988. The molecule has 0 fully saturated rings. The number of aromatic nitrogens is 1. The Kier molecular flexibility index (Phi) is 4.60. The first-order valence-electron chi connectivity index (χ1n) is 7.96. The van der Waals surface area contributed by atoms with Crippen molar-refractivity contribution in [1.29, 1.82) is 0 Å². The summed E-state index contributed by atoms with van der Waals surface area (Å²) >= 11 is 1.23. The van der Waals surface area contributed by atoms with E-state index in [1.807, 2.05) is 12.1 Å². The molecule has 1 amide bonds. The van der Waals surface area contributed by atoms with Gasteiger partial charge < -0.3 is 0 Å². The van der Waals surface area contributed by atoms with Gasteiger partial charge in [0.05, 0.1) is 15.1 Å². The Labute approximate surface area is 154 Å². The Bertz CT molecular complexity index is 974. The molecule has 2 aromatic carbocycles. The number of hydrogen-bond donors (Lipinski definition) is 2. The second-order valence-corrected chi connectivity index (χ2v) is 7.87. The topological polar surface area (TPSA) is 97.2 Å². The van der Waals surface area contributed by atoms with Crippen LogP contribution >= 0.6 is 11.3 Å². The number of nitrogens with one attached hydrogen (secondary N) is 2. The summed E-state index contributed by atoms with van der Waals surface area (Å²) in [6.45, 7) is 6.34. The smallest absolute Gasteiger partial charge is 0.270 e. The molecule has 0 bridgehead atoms. The van der Waals surface area contributed by atoms with Gasteiger partial charge in [0.15, 0.2) is 0 Å². The Balaban J connectivity index is 1.69. The Hall–Kier alpha value is -3.00. The number of nitro benzene ring substituents is 1. The van der Waals surface area contributed by atoms with E-state index in [1.165, 1.54) is 23.5 Å². The van der Waals surface area contributed by atoms with Crippen molar-refractivity contribution in [2.24, 2.45) is 0 Å². The zero-order valence-corrected chi connectivity index (χ0v) is 15.4. The van der Waals surface area contributed by atoms with E-state index in [2.05, 4.69) is 36.6 Å². The summed E-state index contributed by atoms with van der Waals surface area (Å²) in [4.78, 5) is 26.9. The quantitative estimate of drug-likeness (QED) is 0.528. The Morgan fingerprint density at radius 3 is 2.46 bits per heavy atom. The third kappa shape index (κ3) is 3.80. The lowest BCUT2D eigenvalue weighted by molar-refractivity contribution is -0.384. The highest BCUT2D eigenvalue weighted by molar-refractivity contribution is 7.22. The van der Waals surface area contributed by atoms with Crippen molar-refractivity contribution in [3.8, 4) is 0 Å². The number of rotatable bonds is 4. The van der Waals surface area contributed by atoms with Gasteiger partial charge in [-0.15, -0.1) is 0 Å². The molecule has 1 aromatic heterocycles. The summed E-state index contributed by atoms with van der Waals surface area (Å²) in [6.07, 6.45) is 0. The summed E-state index contributed by atoms with van der Waals surface area (Å²) in [5.41, 5.74) is 7.70. The summed E-state index contributed by atoms with van der Waals surface area (Å²) in [7, 11) is 0. The predicted octanol–water partition coefficient (Wildman–Crippen LogP) is 4.26. The number of carbonyl (C=O) groups is 1. The number of anilines is 1. The van der Waals surface area contributed by atoms with E-state index in [9.17, 15) is 14.9 Å². The Morgan fingerprint density at radius 2 is 1.85 bits per heavy atom. The maximum atomic E-state index is 12.3. The number of nitro groups is 1. The van der Waals surface area contributed by atoms with Crippen molar-refractivity contribution in [2.75, 3.05) is 5.43 Å². The predicted molar refractivity (Wildman–Crippen MR) is 103 cm³/mol. The lowest BCUT2D eigenvalue weighted by Gasteiger charge is -2.19. The normalized spacial score (nSPS) is 11.3. The molecule has 0 aliphatic rings. The van der Waals surface area contributed by atoms with Crippen LogP contribution in [0.1, 0.15) is 36.7 Å². The average Bonchev–Trinajstić information content (AvgIpc) is 3.01. The zero-order chi connectivity index (χ0) is 18.9. The van der Waals surface area contributed by atoms with Gasteiger partial charge in [-0.2, -0.15) is 0 Å². The molecular weight excluding hydrogens is 352 g/mol. The van der Waals surface area contributed by atoms with Gasteiger partial charge in [-0.3, -0.25) is 25.8 Å². The first-order chi connectivity index (χ1) is 12.2. The summed E-state index contributed by atoms with van der Waals surface area (Å²) in [6, 6.07) is 11.9. The monoisotopic (exact) mass is 370 g/mol. The fourth-order valence-electron chi connectivity index (χ4n) is 2.38. The van der Waals surface area contributed by atoms with Gasteiger partial charge in [0, 0.05) is 17.7 Å². The highest BCUT2D eigenvalue weighted by atomic mass is 32.1. The van der Waals surface area contributed by atoms with Crippen LogP contribution in [0.15, 0.2) is 42.5 Å². The van der Waals surface area contributed by atoms with Crippen LogP contribution in [-0.2, 0) is 5.41 Å². The van der Waals surface area contributed by atoms with Crippen LogP contribution in [0.2, 0.25) is 0 Å². The van der Waals surface area contributed by atoms with Gasteiger partial charge in [-0.1, -0.05) is 44.2 Å². The number of fused-ring (bicyclic) bond motifs is 1. The van der Waals surface area contributed by atoms with Crippen LogP contribution in [0.3, 0.4) is 0 Å². The molecule has 0 unspecified atom stereocenters. The third-order valence-electron chi connectivity index (χ3n) is 3.88. The van der Waals surface area contributed by atoms with Crippen molar-refractivity contribution in [1.82, 2.24) is 10.4 Å². The number of benzene rings is 2. The van der Waals surface area contributed by atoms with Crippen molar-refractivity contribution < 1.29 is 9.72 Å². The molecule has 0 saturated carbocycles. The molecule has 134 valence electrons. The lowest BCUT2D eigenvalue weighted by atomic mass is 9.87.